The Kier molecular flexibility index (Phi) is 5.83. The van der Waals surface area contributed by atoms with E-state index in [0.29, 0.717) is 32.0 Å². The Balaban J connectivity index is 1.84. The third kappa shape index (κ3) is 5.33. The van der Waals surface area contributed by atoms with Crippen LogP contribution in [0, 0.1) is 0 Å². The number of aliphatic hydroxyl groups excluding tert-OH is 1. The molecule has 130 valence electrons. The van der Waals surface area contributed by atoms with E-state index >= 15 is 0 Å². The molecule has 1 atom stereocenters. The van der Waals surface area contributed by atoms with Crippen molar-refractivity contribution in [1.82, 2.24) is 14.8 Å². The van der Waals surface area contributed by atoms with Crippen LogP contribution in [-0.2, 0) is 6.18 Å². The van der Waals surface area contributed by atoms with Gasteiger partial charge in [-0.15, -0.1) is 0 Å². The minimum Gasteiger partial charge on any atom is -0.390 e. The Morgan fingerprint density at radius 1 is 1.22 bits per heavy atom. The normalized spacial score (nSPS) is 18.5. The van der Waals surface area contributed by atoms with Gasteiger partial charge in [0, 0.05) is 45.5 Å². The molecule has 0 bridgehead atoms. The van der Waals surface area contributed by atoms with Crippen molar-refractivity contribution in [2.24, 2.45) is 0 Å². The van der Waals surface area contributed by atoms with E-state index in [1.165, 1.54) is 6.07 Å². The average Bonchev–Trinajstić information content (AvgIpc) is 2.46. The molecular weight excluding hydrogens is 309 g/mol. The molecule has 1 aromatic rings. The molecule has 0 aliphatic carbocycles. The lowest BCUT2D eigenvalue weighted by atomic mass is 10.2. The van der Waals surface area contributed by atoms with E-state index in [2.05, 4.69) is 9.88 Å². The molecule has 8 heteroatoms. The highest BCUT2D eigenvalue weighted by atomic mass is 19.4. The summed E-state index contributed by atoms with van der Waals surface area (Å²) in [5, 5.41) is 9.95. The van der Waals surface area contributed by atoms with Crippen LogP contribution in [0.4, 0.5) is 19.0 Å². The zero-order valence-electron chi connectivity index (χ0n) is 13.4. The molecule has 2 rings (SSSR count). The fourth-order valence-electron chi connectivity index (χ4n) is 2.68. The first kappa shape index (κ1) is 18.0. The summed E-state index contributed by atoms with van der Waals surface area (Å²) >= 11 is 0. The highest BCUT2D eigenvalue weighted by Crippen LogP contribution is 2.29. The van der Waals surface area contributed by atoms with Gasteiger partial charge in [0.2, 0.25) is 0 Å². The molecule has 1 fully saturated rings. The van der Waals surface area contributed by atoms with Crippen molar-refractivity contribution < 1.29 is 18.3 Å². The largest absolute Gasteiger partial charge is 0.417 e. The van der Waals surface area contributed by atoms with Crippen LogP contribution >= 0.6 is 0 Å². The number of alkyl halides is 3. The third-order valence-corrected chi connectivity index (χ3v) is 3.82. The molecule has 0 amide bonds. The topological polar surface area (TPSA) is 42.8 Å². The number of pyridine rings is 1. The number of rotatable bonds is 5. The molecule has 0 spiro atoms. The van der Waals surface area contributed by atoms with Gasteiger partial charge in [0.15, 0.2) is 0 Å². The molecule has 1 aliphatic heterocycles. The smallest absolute Gasteiger partial charge is 0.390 e. The van der Waals surface area contributed by atoms with Crippen molar-refractivity contribution >= 4 is 5.82 Å². The molecule has 1 N–H and O–H groups in total. The van der Waals surface area contributed by atoms with Gasteiger partial charge in [-0.3, -0.25) is 4.90 Å². The molecular formula is C15H23F3N4O. The Bertz CT molecular complexity index is 484. The Morgan fingerprint density at radius 3 is 2.35 bits per heavy atom. The van der Waals surface area contributed by atoms with Gasteiger partial charge in [0.25, 0.3) is 0 Å². The monoisotopic (exact) mass is 332 g/mol. The van der Waals surface area contributed by atoms with Gasteiger partial charge in [-0.2, -0.15) is 13.2 Å². The number of likely N-dealkylation sites (N-methyl/N-ethyl adjacent to an activating group) is 1. The zero-order valence-corrected chi connectivity index (χ0v) is 13.4. The number of aromatic nitrogens is 1. The number of nitrogens with zero attached hydrogens (tertiary/aromatic N) is 4. The SMILES string of the molecule is CN(C)C[C@@H](O)CN1CCN(c2ccc(C(F)(F)F)cn2)CC1. The van der Waals surface area contributed by atoms with E-state index < -0.39 is 17.8 Å². The molecule has 1 aliphatic rings. The number of aliphatic hydroxyl groups is 1. The molecule has 0 radical (unpaired) electrons. The summed E-state index contributed by atoms with van der Waals surface area (Å²) in [5.74, 6) is 0.562. The third-order valence-electron chi connectivity index (χ3n) is 3.82. The quantitative estimate of drug-likeness (QED) is 0.876. The van der Waals surface area contributed by atoms with Crippen LogP contribution in [0.2, 0.25) is 0 Å². The van der Waals surface area contributed by atoms with E-state index in [1.54, 1.807) is 0 Å². The van der Waals surface area contributed by atoms with Crippen molar-refractivity contribution in [2.45, 2.75) is 12.3 Å². The Labute approximate surface area is 134 Å². The maximum atomic E-state index is 12.5. The second kappa shape index (κ2) is 7.46. The number of hydrogen-bond donors (Lipinski definition) is 1. The van der Waals surface area contributed by atoms with Gasteiger partial charge in [-0.05, 0) is 26.2 Å². The molecule has 0 unspecified atom stereocenters. The molecule has 1 saturated heterocycles. The van der Waals surface area contributed by atoms with Crippen molar-refractivity contribution in [1.29, 1.82) is 0 Å². The predicted molar refractivity (Wildman–Crippen MR) is 82.5 cm³/mol. The molecule has 2 heterocycles. The van der Waals surface area contributed by atoms with Gasteiger partial charge < -0.3 is 14.9 Å². The lowest BCUT2D eigenvalue weighted by Gasteiger charge is -2.36. The molecule has 0 saturated carbocycles. The van der Waals surface area contributed by atoms with Crippen LogP contribution in [0.25, 0.3) is 0 Å². The number of hydrogen-bond acceptors (Lipinski definition) is 5. The van der Waals surface area contributed by atoms with E-state index in [9.17, 15) is 18.3 Å². The fourth-order valence-corrected chi connectivity index (χ4v) is 2.68. The standard InChI is InChI=1S/C15H23F3N4O/c1-20(2)10-13(23)11-21-5-7-22(8-6-21)14-4-3-12(9-19-14)15(16,17)18/h3-4,9,13,23H,5-8,10-11H2,1-2H3/t13-/m1/s1. The van der Waals surface area contributed by atoms with Gasteiger partial charge in [-0.1, -0.05) is 0 Å². The van der Waals surface area contributed by atoms with Crippen LogP contribution in [0.5, 0.6) is 0 Å². The summed E-state index contributed by atoms with van der Waals surface area (Å²) in [6, 6.07) is 2.48. The minimum absolute atomic E-state index is 0.402. The predicted octanol–water partition coefficient (Wildman–Crippen LogP) is 1.14. The summed E-state index contributed by atoms with van der Waals surface area (Å²) in [6.07, 6.45) is -3.88. The van der Waals surface area contributed by atoms with Gasteiger partial charge in [0.1, 0.15) is 5.82 Å². The van der Waals surface area contributed by atoms with Crippen LogP contribution < -0.4 is 4.90 Å². The average molecular weight is 332 g/mol. The maximum absolute atomic E-state index is 12.5. The highest BCUT2D eigenvalue weighted by Gasteiger charge is 2.31. The van der Waals surface area contributed by atoms with Crippen molar-refractivity contribution in [3.05, 3.63) is 23.9 Å². The van der Waals surface area contributed by atoms with Crippen molar-refractivity contribution in [3.8, 4) is 0 Å². The number of anilines is 1. The maximum Gasteiger partial charge on any atom is 0.417 e. The minimum atomic E-state index is -4.35. The summed E-state index contributed by atoms with van der Waals surface area (Å²) in [4.78, 5) is 9.99. The van der Waals surface area contributed by atoms with E-state index in [0.717, 1.165) is 25.4 Å². The summed E-state index contributed by atoms with van der Waals surface area (Å²) in [6.45, 7) is 4.10. The first-order valence-electron chi connectivity index (χ1n) is 7.59. The highest BCUT2D eigenvalue weighted by molar-refractivity contribution is 5.40. The lowest BCUT2D eigenvalue weighted by Crippen LogP contribution is -2.49. The Morgan fingerprint density at radius 2 is 1.87 bits per heavy atom. The van der Waals surface area contributed by atoms with Crippen LogP contribution in [-0.4, -0.2) is 79.4 Å². The summed E-state index contributed by atoms with van der Waals surface area (Å²) < 4.78 is 37.6. The summed E-state index contributed by atoms with van der Waals surface area (Å²) in [7, 11) is 3.83. The van der Waals surface area contributed by atoms with Gasteiger partial charge in [-0.25, -0.2) is 4.98 Å². The number of piperazine rings is 1. The first-order chi connectivity index (χ1) is 10.8. The molecule has 23 heavy (non-hydrogen) atoms. The number of β-amino-alcohol motifs (C(OH)–C–C–N with tert-alkyl or cyclic N) is 1. The summed E-state index contributed by atoms with van der Waals surface area (Å²) in [5.41, 5.74) is -0.730. The van der Waals surface area contributed by atoms with Gasteiger partial charge >= 0.3 is 6.18 Å². The van der Waals surface area contributed by atoms with Crippen LogP contribution in [0.3, 0.4) is 0 Å². The molecule has 0 aromatic carbocycles. The second-order valence-corrected chi connectivity index (χ2v) is 6.11. The van der Waals surface area contributed by atoms with Gasteiger partial charge in [0.05, 0.1) is 11.7 Å². The van der Waals surface area contributed by atoms with Crippen molar-refractivity contribution in [2.75, 3.05) is 58.3 Å². The second-order valence-electron chi connectivity index (χ2n) is 6.11. The lowest BCUT2D eigenvalue weighted by molar-refractivity contribution is -0.137. The van der Waals surface area contributed by atoms with Crippen LogP contribution in [0.15, 0.2) is 18.3 Å². The van der Waals surface area contributed by atoms with E-state index in [1.807, 2.05) is 23.9 Å². The Hall–Kier alpha value is -1.38. The fraction of sp³-hybridized carbons (Fsp3) is 0.667. The molecule has 1 aromatic heterocycles. The first-order valence-corrected chi connectivity index (χ1v) is 7.59. The van der Waals surface area contributed by atoms with E-state index in [-0.39, 0.29) is 0 Å². The van der Waals surface area contributed by atoms with Crippen molar-refractivity contribution in [3.63, 3.8) is 0 Å². The van der Waals surface area contributed by atoms with E-state index in [4.69, 9.17) is 0 Å². The zero-order chi connectivity index (χ0) is 17.0. The number of halogens is 3. The van der Waals surface area contributed by atoms with Crippen LogP contribution in [0.1, 0.15) is 5.56 Å². The molecule has 5 nitrogen and oxygen atoms in total.